The van der Waals surface area contributed by atoms with Crippen LogP contribution in [0, 0.1) is 12.8 Å². The van der Waals surface area contributed by atoms with E-state index in [1.807, 2.05) is 74.4 Å². The van der Waals surface area contributed by atoms with Crippen molar-refractivity contribution in [1.82, 2.24) is 10.2 Å². The SMILES string of the molecule is COc1ccc(C)cc1N1CC(C(=O)NC(CN(C)C)c2ccccc2)CC1=O. The summed E-state index contributed by atoms with van der Waals surface area (Å²) in [5, 5.41) is 3.15. The number of ether oxygens (including phenoxy) is 1. The van der Waals surface area contributed by atoms with Gasteiger partial charge >= 0.3 is 0 Å². The fourth-order valence-corrected chi connectivity index (χ4v) is 3.70. The van der Waals surface area contributed by atoms with E-state index in [2.05, 4.69) is 5.32 Å². The molecule has 0 aromatic heterocycles. The second-order valence-corrected chi connectivity index (χ2v) is 7.81. The summed E-state index contributed by atoms with van der Waals surface area (Å²) in [6.45, 7) is 3.01. The number of hydrogen-bond donors (Lipinski definition) is 1. The number of hydrogen-bond acceptors (Lipinski definition) is 4. The first-order valence-electron chi connectivity index (χ1n) is 9.84. The molecule has 154 valence electrons. The molecule has 0 radical (unpaired) electrons. The van der Waals surface area contributed by atoms with Crippen LogP contribution in [-0.4, -0.2) is 51.0 Å². The van der Waals surface area contributed by atoms with Crippen molar-refractivity contribution in [3.05, 3.63) is 59.7 Å². The zero-order valence-electron chi connectivity index (χ0n) is 17.5. The smallest absolute Gasteiger partial charge is 0.227 e. The number of carbonyl (C=O) groups excluding carboxylic acids is 2. The Balaban J connectivity index is 1.75. The Labute approximate surface area is 172 Å². The molecule has 1 N–H and O–H groups in total. The summed E-state index contributed by atoms with van der Waals surface area (Å²) >= 11 is 0. The Morgan fingerprint density at radius 1 is 1.24 bits per heavy atom. The number of methoxy groups -OCH3 is 1. The van der Waals surface area contributed by atoms with E-state index < -0.39 is 0 Å². The van der Waals surface area contributed by atoms with E-state index >= 15 is 0 Å². The Morgan fingerprint density at radius 2 is 1.97 bits per heavy atom. The molecule has 2 unspecified atom stereocenters. The lowest BCUT2D eigenvalue weighted by molar-refractivity contribution is -0.127. The van der Waals surface area contributed by atoms with Gasteiger partial charge in [0.05, 0.1) is 24.8 Å². The van der Waals surface area contributed by atoms with E-state index in [1.165, 1.54) is 0 Å². The predicted molar refractivity (Wildman–Crippen MR) is 114 cm³/mol. The van der Waals surface area contributed by atoms with E-state index in [0.29, 0.717) is 18.8 Å². The molecule has 2 aromatic carbocycles. The molecule has 0 aliphatic carbocycles. The third-order valence-corrected chi connectivity index (χ3v) is 5.19. The summed E-state index contributed by atoms with van der Waals surface area (Å²) < 4.78 is 5.42. The average molecular weight is 396 g/mol. The Bertz CT molecular complexity index is 867. The van der Waals surface area contributed by atoms with Gasteiger partial charge in [-0.15, -0.1) is 0 Å². The number of nitrogens with zero attached hydrogens (tertiary/aromatic N) is 2. The van der Waals surface area contributed by atoms with Crippen LogP contribution in [0.5, 0.6) is 5.75 Å². The molecule has 2 atom stereocenters. The molecule has 1 fully saturated rings. The number of carbonyl (C=O) groups is 2. The normalized spacial score (nSPS) is 17.5. The molecule has 1 aliphatic rings. The minimum Gasteiger partial charge on any atom is -0.495 e. The Hall–Kier alpha value is -2.86. The van der Waals surface area contributed by atoms with Gasteiger partial charge in [0.25, 0.3) is 0 Å². The molecule has 2 aromatic rings. The molecule has 3 rings (SSSR count). The van der Waals surface area contributed by atoms with Crippen LogP contribution in [0.3, 0.4) is 0 Å². The van der Waals surface area contributed by atoms with Crippen LogP contribution in [0.15, 0.2) is 48.5 Å². The van der Waals surface area contributed by atoms with E-state index in [9.17, 15) is 9.59 Å². The topological polar surface area (TPSA) is 61.9 Å². The molecule has 1 aliphatic heterocycles. The van der Waals surface area contributed by atoms with Crippen LogP contribution in [0.2, 0.25) is 0 Å². The highest BCUT2D eigenvalue weighted by Crippen LogP contribution is 2.34. The van der Waals surface area contributed by atoms with Gasteiger partial charge in [-0.2, -0.15) is 0 Å². The summed E-state index contributed by atoms with van der Waals surface area (Å²) in [5.74, 6) is 0.0990. The van der Waals surface area contributed by atoms with Crippen molar-refractivity contribution >= 4 is 17.5 Å². The highest BCUT2D eigenvalue weighted by Gasteiger charge is 2.37. The Morgan fingerprint density at radius 3 is 2.62 bits per heavy atom. The lowest BCUT2D eigenvalue weighted by Gasteiger charge is -2.24. The van der Waals surface area contributed by atoms with Gasteiger partial charge in [0.1, 0.15) is 5.75 Å². The predicted octanol–water partition coefficient (Wildman–Crippen LogP) is 2.78. The maximum absolute atomic E-state index is 13.0. The van der Waals surface area contributed by atoms with Gasteiger partial charge in [-0.3, -0.25) is 9.59 Å². The quantitative estimate of drug-likeness (QED) is 0.783. The summed E-state index contributed by atoms with van der Waals surface area (Å²) in [6, 6.07) is 15.5. The molecular formula is C23H29N3O3. The Kier molecular flexibility index (Phi) is 6.54. The highest BCUT2D eigenvalue weighted by molar-refractivity contribution is 6.01. The van der Waals surface area contributed by atoms with E-state index in [4.69, 9.17) is 4.74 Å². The fourth-order valence-electron chi connectivity index (χ4n) is 3.70. The molecule has 6 nitrogen and oxygen atoms in total. The molecular weight excluding hydrogens is 366 g/mol. The second kappa shape index (κ2) is 9.09. The van der Waals surface area contributed by atoms with Crippen LogP contribution >= 0.6 is 0 Å². The molecule has 0 spiro atoms. The summed E-state index contributed by atoms with van der Waals surface area (Å²) in [7, 11) is 5.55. The zero-order valence-corrected chi connectivity index (χ0v) is 17.5. The van der Waals surface area contributed by atoms with Crippen LogP contribution in [0.1, 0.15) is 23.6 Å². The van der Waals surface area contributed by atoms with Gasteiger partial charge < -0.3 is 19.9 Å². The first-order chi connectivity index (χ1) is 13.9. The van der Waals surface area contributed by atoms with Crippen molar-refractivity contribution in [2.24, 2.45) is 5.92 Å². The number of nitrogens with one attached hydrogen (secondary N) is 1. The highest BCUT2D eigenvalue weighted by atomic mass is 16.5. The summed E-state index contributed by atoms with van der Waals surface area (Å²) in [6.07, 6.45) is 0.201. The lowest BCUT2D eigenvalue weighted by Crippen LogP contribution is -2.39. The lowest BCUT2D eigenvalue weighted by atomic mass is 10.0. The minimum atomic E-state index is -0.388. The van der Waals surface area contributed by atoms with Crippen LogP contribution in [0.4, 0.5) is 5.69 Å². The largest absolute Gasteiger partial charge is 0.495 e. The second-order valence-electron chi connectivity index (χ2n) is 7.81. The average Bonchev–Trinajstić information content (AvgIpc) is 3.09. The van der Waals surface area contributed by atoms with Gasteiger partial charge in [-0.05, 0) is 44.3 Å². The number of aryl methyl sites for hydroxylation is 1. The maximum atomic E-state index is 13.0. The first-order valence-corrected chi connectivity index (χ1v) is 9.84. The van der Waals surface area contributed by atoms with Crippen molar-refractivity contribution in [3.63, 3.8) is 0 Å². The molecule has 0 bridgehead atoms. The van der Waals surface area contributed by atoms with Crippen molar-refractivity contribution in [3.8, 4) is 5.75 Å². The van der Waals surface area contributed by atoms with Gasteiger partial charge in [-0.25, -0.2) is 0 Å². The molecule has 2 amide bonds. The third kappa shape index (κ3) is 4.95. The zero-order chi connectivity index (χ0) is 21.0. The van der Waals surface area contributed by atoms with Gasteiger partial charge in [0, 0.05) is 19.5 Å². The first kappa shape index (κ1) is 20.9. The molecule has 6 heteroatoms. The minimum absolute atomic E-state index is 0.0575. The molecule has 29 heavy (non-hydrogen) atoms. The van der Waals surface area contributed by atoms with Crippen LogP contribution < -0.4 is 15.0 Å². The molecule has 1 heterocycles. The standard InChI is InChI=1S/C23H29N3O3/c1-16-10-11-21(29-4)20(12-16)26-14-18(13-22(26)27)23(28)24-19(15-25(2)3)17-8-6-5-7-9-17/h5-12,18-19H,13-15H2,1-4H3,(H,24,28). The molecule has 1 saturated heterocycles. The van der Waals surface area contributed by atoms with Crippen LogP contribution in [-0.2, 0) is 9.59 Å². The fraction of sp³-hybridized carbons (Fsp3) is 0.391. The number of benzene rings is 2. The van der Waals surface area contributed by atoms with Gasteiger partial charge in [0.15, 0.2) is 0 Å². The number of likely N-dealkylation sites (N-methyl/N-ethyl adjacent to an activating group) is 1. The van der Waals surface area contributed by atoms with Gasteiger partial charge in [0.2, 0.25) is 11.8 Å². The summed E-state index contributed by atoms with van der Waals surface area (Å²) in [4.78, 5) is 29.4. The van der Waals surface area contributed by atoms with E-state index in [-0.39, 0.29) is 30.2 Å². The number of anilines is 1. The van der Waals surface area contributed by atoms with Gasteiger partial charge in [-0.1, -0.05) is 36.4 Å². The van der Waals surface area contributed by atoms with Crippen molar-refractivity contribution < 1.29 is 14.3 Å². The summed E-state index contributed by atoms with van der Waals surface area (Å²) in [5.41, 5.74) is 2.81. The van der Waals surface area contributed by atoms with Crippen molar-refractivity contribution in [1.29, 1.82) is 0 Å². The number of rotatable bonds is 7. The third-order valence-electron chi connectivity index (χ3n) is 5.19. The number of amides is 2. The van der Waals surface area contributed by atoms with E-state index in [0.717, 1.165) is 16.8 Å². The van der Waals surface area contributed by atoms with Crippen molar-refractivity contribution in [2.45, 2.75) is 19.4 Å². The monoisotopic (exact) mass is 395 g/mol. The van der Waals surface area contributed by atoms with Crippen LogP contribution in [0.25, 0.3) is 0 Å². The van der Waals surface area contributed by atoms with E-state index in [1.54, 1.807) is 12.0 Å². The van der Waals surface area contributed by atoms with Crippen molar-refractivity contribution in [2.75, 3.05) is 39.2 Å². The molecule has 0 saturated carbocycles. The maximum Gasteiger partial charge on any atom is 0.227 e.